The molecule has 0 spiro atoms. The highest BCUT2D eigenvalue weighted by Gasteiger charge is 2.29. The van der Waals surface area contributed by atoms with Crippen LogP contribution in [0.3, 0.4) is 0 Å². The standard InChI is InChI=1S/C17H25N3O2.HI/c18-16(19-12-17(21)9-4-1-5-10-17)20-14-8-11-22-15-7-3-2-6-13(14)15;/h2-3,6-7,14,21H,1,4-5,8-12H2,(H3,18,19,20);1H. The zero-order chi connectivity index (χ0) is 15.4. The highest BCUT2D eigenvalue weighted by atomic mass is 127. The first-order valence-electron chi connectivity index (χ1n) is 8.17. The summed E-state index contributed by atoms with van der Waals surface area (Å²) in [6.07, 6.45) is 5.86. The topological polar surface area (TPSA) is 79.9 Å². The molecule has 4 N–H and O–H groups in total. The van der Waals surface area contributed by atoms with Crippen molar-refractivity contribution in [2.75, 3.05) is 13.2 Å². The SMILES string of the molecule is I.NC(=NCC1(O)CCCCC1)NC1CCOc2ccccc21. The van der Waals surface area contributed by atoms with Crippen LogP contribution in [0.4, 0.5) is 0 Å². The predicted molar refractivity (Wildman–Crippen MR) is 102 cm³/mol. The summed E-state index contributed by atoms with van der Waals surface area (Å²) in [4.78, 5) is 4.38. The van der Waals surface area contributed by atoms with Crippen LogP contribution in [0.25, 0.3) is 0 Å². The first-order valence-corrected chi connectivity index (χ1v) is 8.17. The number of nitrogens with two attached hydrogens (primary N) is 1. The van der Waals surface area contributed by atoms with Crippen molar-refractivity contribution in [1.29, 1.82) is 0 Å². The molecule has 0 aromatic heterocycles. The van der Waals surface area contributed by atoms with Crippen molar-refractivity contribution in [3.8, 4) is 5.75 Å². The number of nitrogens with one attached hydrogen (secondary N) is 1. The molecule has 128 valence electrons. The molecule has 0 bridgehead atoms. The van der Waals surface area contributed by atoms with E-state index in [1.807, 2.05) is 24.3 Å². The first-order chi connectivity index (χ1) is 10.7. The molecule has 5 nitrogen and oxygen atoms in total. The summed E-state index contributed by atoms with van der Waals surface area (Å²) in [7, 11) is 0. The van der Waals surface area contributed by atoms with Crippen LogP contribution in [-0.2, 0) is 0 Å². The molecule has 1 aromatic rings. The summed E-state index contributed by atoms with van der Waals surface area (Å²) >= 11 is 0. The van der Waals surface area contributed by atoms with E-state index < -0.39 is 5.60 Å². The second-order valence-corrected chi connectivity index (χ2v) is 6.36. The Kier molecular flexibility index (Phi) is 6.52. The third-order valence-electron chi connectivity index (χ3n) is 4.61. The van der Waals surface area contributed by atoms with Crippen LogP contribution in [0, 0.1) is 0 Å². The van der Waals surface area contributed by atoms with Crippen molar-refractivity contribution < 1.29 is 9.84 Å². The first kappa shape index (κ1) is 18.3. The van der Waals surface area contributed by atoms with Crippen molar-refractivity contribution in [2.24, 2.45) is 10.7 Å². The third-order valence-corrected chi connectivity index (χ3v) is 4.61. The lowest BCUT2D eigenvalue weighted by molar-refractivity contribution is 0.0132. The van der Waals surface area contributed by atoms with Crippen molar-refractivity contribution in [1.82, 2.24) is 5.32 Å². The molecule has 0 amide bonds. The van der Waals surface area contributed by atoms with Crippen molar-refractivity contribution in [2.45, 2.75) is 50.2 Å². The number of guanidine groups is 1. The van der Waals surface area contributed by atoms with Crippen molar-refractivity contribution >= 4 is 29.9 Å². The molecule has 1 saturated carbocycles. The maximum absolute atomic E-state index is 10.5. The van der Waals surface area contributed by atoms with Gasteiger partial charge in [-0.25, -0.2) is 0 Å². The van der Waals surface area contributed by atoms with Gasteiger partial charge in [0.2, 0.25) is 0 Å². The maximum Gasteiger partial charge on any atom is 0.189 e. The Bertz CT molecular complexity index is 544. The summed E-state index contributed by atoms with van der Waals surface area (Å²) in [5.41, 5.74) is 6.47. The zero-order valence-corrected chi connectivity index (χ0v) is 15.7. The van der Waals surface area contributed by atoms with E-state index in [0.717, 1.165) is 43.4 Å². The molecule has 0 radical (unpaired) electrons. The number of ether oxygens (including phenoxy) is 1. The number of halogens is 1. The average Bonchev–Trinajstić information content (AvgIpc) is 2.54. The largest absolute Gasteiger partial charge is 0.493 e. The molecule has 1 atom stereocenters. The summed E-state index contributed by atoms with van der Waals surface area (Å²) in [6.45, 7) is 1.06. The number of hydrogen-bond acceptors (Lipinski definition) is 3. The van der Waals surface area contributed by atoms with Crippen LogP contribution < -0.4 is 15.8 Å². The maximum atomic E-state index is 10.5. The molecule has 1 aliphatic heterocycles. The van der Waals surface area contributed by atoms with Gasteiger partial charge in [0.25, 0.3) is 0 Å². The molecule has 3 rings (SSSR count). The van der Waals surface area contributed by atoms with Gasteiger partial charge in [0.1, 0.15) is 5.75 Å². The van der Waals surface area contributed by atoms with Crippen LogP contribution in [0.15, 0.2) is 29.3 Å². The van der Waals surface area contributed by atoms with E-state index in [-0.39, 0.29) is 30.0 Å². The van der Waals surface area contributed by atoms with Gasteiger partial charge >= 0.3 is 0 Å². The third kappa shape index (κ3) is 4.73. The zero-order valence-electron chi connectivity index (χ0n) is 13.3. The quantitative estimate of drug-likeness (QED) is 0.391. The molecule has 1 unspecified atom stereocenters. The predicted octanol–water partition coefficient (Wildman–Crippen LogP) is 2.73. The minimum absolute atomic E-state index is 0. The van der Waals surface area contributed by atoms with Gasteiger partial charge in [0.15, 0.2) is 5.96 Å². The summed E-state index contributed by atoms with van der Waals surface area (Å²) in [6, 6.07) is 8.11. The number of fused-ring (bicyclic) bond motifs is 1. The number of para-hydroxylation sites is 1. The molecule has 6 heteroatoms. The van der Waals surface area contributed by atoms with E-state index in [1.165, 1.54) is 6.42 Å². The van der Waals surface area contributed by atoms with E-state index in [4.69, 9.17) is 10.5 Å². The second kappa shape index (κ2) is 8.19. The lowest BCUT2D eigenvalue weighted by atomic mass is 9.85. The number of nitrogens with zero attached hydrogens (tertiary/aromatic N) is 1. The average molecular weight is 431 g/mol. The van der Waals surface area contributed by atoms with E-state index in [2.05, 4.69) is 10.3 Å². The number of benzene rings is 1. The summed E-state index contributed by atoms with van der Waals surface area (Å²) < 4.78 is 5.65. The van der Waals surface area contributed by atoms with Crippen LogP contribution in [0.5, 0.6) is 5.75 Å². The van der Waals surface area contributed by atoms with Gasteiger partial charge in [-0.15, -0.1) is 24.0 Å². The minimum atomic E-state index is -0.669. The fourth-order valence-corrected chi connectivity index (χ4v) is 3.32. The number of rotatable bonds is 3. The van der Waals surface area contributed by atoms with E-state index in [1.54, 1.807) is 0 Å². The van der Waals surface area contributed by atoms with Crippen molar-refractivity contribution in [3.63, 3.8) is 0 Å². The number of aliphatic imine (C=N–C) groups is 1. The Balaban J connectivity index is 0.00000192. The molecule has 1 aliphatic carbocycles. The fraction of sp³-hybridized carbons (Fsp3) is 0.588. The van der Waals surface area contributed by atoms with Gasteiger partial charge in [0, 0.05) is 12.0 Å². The van der Waals surface area contributed by atoms with Crippen LogP contribution in [0.1, 0.15) is 50.1 Å². The molecule has 1 fully saturated rings. The minimum Gasteiger partial charge on any atom is -0.493 e. The molecule has 1 heterocycles. The van der Waals surface area contributed by atoms with Gasteiger partial charge in [-0.05, 0) is 18.9 Å². The van der Waals surface area contributed by atoms with E-state index in [0.29, 0.717) is 19.1 Å². The van der Waals surface area contributed by atoms with Gasteiger partial charge < -0.3 is 20.9 Å². The molecule has 1 aromatic carbocycles. The number of aliphatic hydroxyl groups is 1. The normalized spacial score (nSPS) is 23.2. The Morgan fingerprint density at radius 2 is 2.04 bits per heavy atom. The fourth-order valence-electron chi connectivity index (χ4n) is 3.32. The van der Waals surface area contributed by atoms with Crippen LogP contribution >= 0.6 is 24.0 Å². The monoisotopic (exact) mass is 431 g/mol. The Morgan fingerprint density at radius 3 is 2.83 bits per heavy atom. The molecule has 0 saturated heterocycles. The molecular weight excluding hydrogens is 405 g/mol. The lowest BCUT2D eigenvalue weighted by Crippen LogP contribution is -2.40. The Labute approximate surface area is 154 Å². The molecule has 23 heavy (non-hydrogen) atoms. The van der Waals surface area contributed by atoms with Gasteiger partial charge in [-0.2, -0.15) is 0 Å². The van der Waals surface area contributed by atoms with Gasteiger partial charge in [0.05, 0.1) is 24.8 Å². The lowest BCUT2D eigenvalue weighted by Gasteiger charge is -2.31. The smallest absolute Gasteiger partial charge is 0.189 e. The highest BCUT2D eigenvalue weighted by Crippen LogP contribution is 2.31. The Morgan fingerprint density at radius 1 is 1.30 bits per heavy atom. The van der Waals surface area contributed by atoms with Crippen LogP contribution in [0.2, 0.25) is 0 Å². The van der Waals surface area contributed by atoms with Gasteiger partial charge in [-0.3, -0.25) is 4.99 Å². The Hall–Kier alpha value is -1.02. The molecular formula is C17H26IN3O2. The highest BCUT2D eigenvalue weighted by molar-refractivity contribution is 14.0. The van der Waals surface area contributed by atoms with E-state index in [9.17, 15) is 5.11 Å². The number of hydrogen-bond donors (Lipinski definition) is 3. The second-order valence-electron chi connectivity index (χ2n) is 6.36. The van der Waals surface area contributed by atoms with Crippen LogP contribution in [-0.4, -0.2) is 29.8 Å². The van der Waals surface area contributed by atoms with Crippen molar-refractivity contribution in [3.05, 3.63) is 29.8 Å². The summed E-state index contributed by atoms with van der Waals surface area (Å²) in [5, 5.41) is 13.7. The summed E-state index contributed by atoms with van der Waals surface area (Å²) in [5.74, 6) is 1.31. The van der Waals surface area contributed by atoms with Gasteiger partial charge in [-0.1, -0.05) is 37.5 Å². The van der Waals surface area contributed by atoms with E-state index >= 15 is 0 Å². The molecule has 2 aliphatic rings.